The molecule has 0 unspecified atom stereocenters. The monoisotopic (exact) mass is 209 g/mol. The van der Waals surface area contributed by atoms with Crippen molar-refractivity contribution in [1.82, 2.24) is 4.90 Å². The molecule has 0 aromatic heterocycles. The van der Waals surface area contributed by atoms with E-state index in [1.807, 2.05) is 20.8 Å². The fraction of sp³-hybridized carbons (Fsp3) is 0.900. The molecule has 0 aliphatic carbocycles. The molecule has 1 aliphatic heterocycles. The van der Waals surface area contributed by atoms with Crippen LogP contribution < -0.4 is 29.6 Å². The van der Waals surface area contributed by atoms with Gasteiger partial charge in [-0.2, -0.15) is 0 Å². The van der Waals surface area contributed by atoms with Crippen molar-refractivity contribution in [3.63, 3.8) is 0 Å². The van der Waals surface area contributed by atoms with E-state index >= 15 is 0 Å². The summed E-state index contributed by atoms with van der Waals surface area (Å²) in [5.74, 6) is 0.688. The molecule has 78 valence electrons. The zero-order chi connectivity index (χ0) is 10.1. The Balaban J connectivity index is 0. The third-order valence-corrected chi connectivity index (χ3v) is 2.19. The van der Waals surface area contributed by atoms with E-state index < -0.39 is 0 Å². The van der Waals surface area contributed by atoms with Crippen molar-refractivity contribution in [2.24, 2.45) is 5.92 Å². The molecule has 1 fully saturated rings. The van der Waals surface area contributed by atoms with Crippen molar-refractivity contribution in [3.8, 4) is 0 Å². The Morgan fingerprint density at radius 2 is 2.00 bits per heavy atom. The first kappa shape index (κ1) is 14.3. The van der Waals surface area contributed by atoms with Gasteiger partial charge in [-0.3, -0.25) is 0 Å². The van der Waals surface area contributed by atoms with Crippen LogP contribution in [0.5, 0.6) is 0 Å². The van der Waals surface area contributed by atoms with E-state index in [1.165, 1.54) is 0 Å². The first-order chi connectivity index (χ1) is 5.92. The molecule has 3 nitrogen and oxygen atoms in total. The van der Waals surface area contributed by atoms with Gasteiger partial charge in [0.15, 0.2) is 0 Å². The predicted octanol–water partition coefficient (Wildman–Crippen LogP) is -0.620. The minimum absolute atomic E-state index is 0. The van der Waals surface area contributed by atoms with E-state index in [1.54, 1.807) is 4.90 Å². The van der Waals surface area contributed by atoms with Gasteiger partial charge in [-0.05, 0) is 33.1 Å². The molecule has 0 aromatic rings. The standard InChI is InChI=1S/C10H19NO2.Na.H/c1-5-8-6-11(7-8)9(12)13-10(2,3)4;;/h8H,5-7H2,1-4H3;;/q;+1;-1. The summed E-state index contributed by atoms with van der Waals surface area (Å²) in [5.41, 5.74) is -0.367. The predicted molar refractivity (Wildman–Crippen MR) is 52.7 cm³/mol. The van der Waals surface area contributed by atoms with Crippen LogP contribution in [0.15, 0.2) is 0 Å². The molecule has 0 radical (unpaired) electrons. The normalized spacial score (nSPS) is 17.0. The van der Waals surface area contributed by atoms with Crippen molar-refractivity contribution in [1.29, 1.82) is 0 Å². The molecular formula is C10H20NNaO2. The Bertz CT molecular complexity index is 200. The number of carbonyl (C=O) groups is 1. The van der Waals surface area contributed by atoms with Crippen LogP contribution in [0.4, 0.5) is 4.79 Å². The van der Waals surface area contributed by atoms with Crippen LogP contribution in [0.2, 0.25) is 0 Å². The summed E-state index contributed by atoms with van der Waals surface area (Å²) in [7, 11) is 0. The van der Waals surface area contributed by atoms with Crippen LogP contribution in [0.3, 0.4) is 0 Å². The minimum atomic E-state index is -0.367. The van der Waals surface area contributed by atoms with E-state index in [4.69, 9.17) is 4.74 Å². The summed E-state index contributed by atoms with van der Waals surface area (Å²) in [6.45, 7) is 9.56. The smallest absolute Gasteiger partial charge is 1.00 e. The van der Waals surface area contributed by atoms with E-state index in [9.17, 15) is 4.79 Å². The van der Waals surface area contributed by atoms with Gasteiger partial charge in [0.2, 0.25) is 0 Å². The van der Waals surface area contributed by atoms with Crippen molar-refractivity contribution in [2.75, 3.05) is 13.1 Å². The van der Waals surface area contributed by atoms with Gasteiger partial charge in [-0.15, -0.1) is 0 Å². The van der Waals surface area contributed by atoms with Crippen LogP contribution in [-0.2, 0) is 4.74 Å². The van der Waals surface area contributed by atoms with Gasteiger partial charge in [0.05, 0.1) is 0 Å². The van der Waals surface area contributed by atoms with E-state index in [0.717, 1.165) is 19.5 Å². The Morgan fingerprint density at radius 1 is 1.50 bits per heavy atom. The zero-order valence-corrected chi connectivity index (χ0v) is 12.0. The van der Waals surface area contributed by atoms with E-state index in [0.29, 0.717) is 5.92 Å². The number of rotatable bonds is 1. The molecule has 0 atom stereocenters. The molecule has 0 spiro atoms. The van der Waals surface area contributed by atoms with Gasteiger partial charge >= 0.3 is 35.7 Å². The molecule has 14 heavy (non-hydrogen) atoms. The van der Waals surface area contributed by atoms with Crippen molar-refractivity contribution >= 4 is 6.09 Å². The maximum Gasteiger partial charge on any atom is 1.00 e. The summed E-state index contributed by atoms with van der Waals surface area (Å²) in [5, 5.41) is 0. The number of ether oxygens (including phenoxy) is 1. The number of amides is 1. The summed E-state index contributed by atoms with van der Waals surface area (Å²) >= 11 is 0. The summed E-state index contributed by atoms with van der Waals surface area (Å²) in [4.78, 5) is 13.2. The average molecular weight is 209 g/mol. The number of nitrogens with zero attached hydrogens (tertiary/aromatic N) is 1. The molecule has 0 aromatic carbocycles. The molecule has 1 saturated heterocycles. The van der Waals surface area contributed by atoms with Crippen LogP contribution in [0.25, 0.3) is 0 Å². The molecule has 0 N–H and O–H groups in total. The quantitative estimate of drug-likeness (QED) is 0.539. The third-order valence-electron chi connectivity index (χ3n) is 2.19. The van der Waals surface area contributed by atoms with Crippen LogP contribution in [0, 0.1) is 5.92 Å². The van der Waals surface area contributed by atoms with Crippen molar-refractivity contribution in [2.45, 2.75) is 39.7 Å². The van der Waals surface area contributed by atoms with Crippen LogP contribution in [0.1, 0.15) is 35.5 Å². The molecule has 1 rings (SSSR count). The maximum atomic E-state index is 11.4. The Hall–Kier alpha value is 0.270. The maximum absolute atomic E-state index is 11.4. The Morgan fingerprint density at radius 3 is 2.36 bits per heavy atom. The van der Waals surface area contributed by atoms with Gasteiger partial charge < -0.3 is 11.1 Å². The fourth-order valence-corrected chi connectivity index (χ4v) is 1.30. The second kappa shape index (κ2) is 5.38. The molecular weight excluding hydrogens is 189 g/mol. The molecule has 1 aliphatic rings. The average Bonchev–Trinajstić information content (AvgIpc) is 1.79. The van der Waals surface area contributed by atoms with Crippen LogP contribution in [-0.4, -0.2) is 29.7 Å². The molecule has 4 heteroatoms. The summed E-state index contributed by atoms with van der Waals surface area (Å²) < 4.78 is 5.22. The topological polar surface area (TPSA) is 29.5 Å². The number of hydrogen-bond acceptors (Lipinski definition) is 2. The number of likely N-dealkylation sites (tertiary alicyclic amines) is 1. The van der Waals surface area contributed by atoms with Crippen molar-refractivity contribution in [3.05, 3.63) is 0 Å². The van der Waals surface area contributed by atoms with Gasteiger partial charge in [0, 0.05) is 13.1 Å². The summed E-state index contributed by atoms with van der Waals surface area (Å²) in [6, 6.07) is 0. The van der Waals surface area contributed by atoms with Crippen molar-refractivity contribution < 1.29 is 40.5 Å². The summed E-state index contributed by atoms with van der Waals surface area (Å²) in [6.07, 6.45) is 0.983. The molecule has 1 heterocycles. The fourth-order valence-electron chi connectivity index (χ4n) is 1.30. The SMILES string of the molecule is CCC1CN(C(=O)OC(C)(C)C)C1.[H-].[Na+]. The molecule has 1 amide bonds. The van der Waals surface area contributed by atoms with Gasteiger partial charge in [-0.1, -0.05) is 6.92 Å². The van der Waals surface area contributed by atoms with Crippen LogP contribution >= 0.6 is 0 Å². The minimum Gasteiger partial charge on any atom is -1.00 e. The first-order valence-electron chi connectivity index (χ1n) is 4.90. The molecule has 0 saturated carbocycles. The largest absolute Gasteiger partial charge is 1.00 e. The van der Waals surface area contributed by atoms with Gasteiger partial charge in [0.1, 0.15) is 5.60 Å². The second-order valence-corrected chi connectivity index (χ2v) is 4.66. The third kappa shape index (κ3) is 4.20. The number of carbonyl (C=O) groups excluding carboxylic acids is 1. The zero-order valence-electron chi connectivity index (χ0n) is 11.0. The number of hydrogen-bond donors (Lipinski definition) is 0. The van der Waals surface area contributed by atoms with E-state index in [-0.39, 0.29) is 42.7 Å². The molecule has 0 bridgehead atoms. The second-order valence-electron chi connectivity index (χ2n) is 4.66. The Kier molecular flexibility index (Phi) is 5.48. The van der Waals surface area contributed by atoms with Gasteiger partial charge in [-0.25, -0.2) is 4.79 Å². The Labute approximate surface area is 110 Å². The first-order valence-corrected chi connectivity index (χ1v) is 4.90. The van der Waals surface area contributed by atoms with Gasteiger partial charge in [0.25, 0.3) is 0 Å². The van der Waals surface area contributed by atoms with E-state index in [2.05, 4.69) is 6.92 Å².